The van der Waals surface area contributed by atoms with Crippen LogP contribution in [0.2, 0.25) is 0 Å². The first-order chi connectivity index (χ1) is 12.0. The van der Waals surface area contributed by atoms with E-state index in [1.54, 1.807) is 36.6 Å². The fourth-order valence-corrected chi connectivity index (χ4v) is 2.15. The number of methoxy groups -OCH3 is 2. The molecule has 0 radical (unpaired) electrons. The molecule has 7 heteroatoms. The van der Waals surface area contributed by atoms with E-state index in [4.69, 9.17) is 18.6 Å². The van der Waals surface area contributed by atoms with E-state index in [-0.39, 0.29) is 6.42 Å². The molecule has 0 aliphatic rings. The van der Waals surface area contributed by atoms with Crippen molar-refractivity contribution in [3.63, 3.8) is 0 Å². The minimum atomic E-state index is -0.919. The highest BCUT2D eigenvalue weighted by Crippen LogP contribution is 2.29. The summed E-state index contributed by atoms with van der Waals surface area (Å²) in [6.45, 7) is 1.51. The van der Waals surface area contributed by atoms with Crippen molar-refractivity contribution in [2.75, 3.05) is 19.5 Å². The van der Waals surface area contributed by atoms with E-state index in [9.17, 15) is 9.59 Å². The second-order valence-corrected chi connectivity index (χ2v) is 5.27. The maximum Gasteiger partial charge on any atom is 0.307 e. The van der Waals surface area contributed by atoms with Gasteiger partial charge in [0.25, 0.3) is 5.91 Å². The molecule has 25 heavy (non-hydrogen) atoms. The molecule has 134 valence electrons. The molecule has 1 aromatic carbocycles. The maximum absolute atomic E-state index is 12.2. The minimum absolute atomic E-state index is 0.140. The molecule has 0 fully saturated rings. The largest absolute Gasteiger partial charge is 0.493 e. The molecule has 2 rings (SSSR count). The van der Waals surface area contributed by atoms with Crippen molar-refractivity contribution in [2.24, 2.45) is 0 Å². The van der Waals surface area contributed by atoms with Gasteiger partial charge in [0, 0.05) is 18.2 Å². The monoisotopic (exact) mass is 347 g/mol. The zero-order valence-corrected chi connectivity index (χ0v) is 14.4. The third kappa shape index (κ3) is 5.27. The summed E-state index contributed by atoms with van der Waals surface area (Å²) >= 11 is 0. The van der Waals surface area contributed by atoms with Gasteiger partial charge in [-0.2, -0.15) is 0 Å². The SMILES string of the molecule is COc1ccc(NC(=O)[C@H](C)OC(=O)CCc2ccco2)cc1OC. The standard InChI is InChI=1S/C18H21NO6/c1-12(25-17(20)9-7-14-5-4-10-24-14)18(21)19-13-6-8-15(22-2)16(11-13)23-3/h4-6,8,10-12H,7,9H2,1-3H3,(H,19,21)/t12-/m0/s1. The number of esters is 1. The molecule has 7 nitrogen and oxygen atoms in total. The Kier molecular flexibility index (Phi) is 6.45. The first kappa shape index (κ1) is 18.4. The van der Waals surface area contributed by atoms with Gasteiger partial charge < -0.3 is 23.9 Å². The van der Waals surface area contributed by atoms with E-state index >= 15 is 0 Å². The molecule has 1 heterocycles. The molecule has 0 aliphatic carbocycles. The first-order valence-electron chi connectivity index (χ1n) is 7.78. The predicted molar refractivity (Wildman–Crippen MR) is 90.8 cm³/mol. The topological polar surface area (TPSA) is 87.0 Å². The van der Waals surface area contributed by atoms with Gasteiger partial charge in [0.2, 0.25) is 0 Å². The van der Waals surface area contributed by atoms with Gasteiger partial charge in [0.1, 0.15) is 5.76 Å². The third-order valence-corrected chi connectivity index (χ3v) is 3.48. The van der Waals surface area contributed by atoms with Crippen molar-refractivity contribution in [1.29, 1.82) is 0 Å². The van der Waals surface area contributed by atoms with Gasteiger partial charge in [-0.15, -0.1) is 0 Å². The zero-order valence-electron chi connectivity index (χ0n) is 14.4. The van der Waals surface area contributed by atoms with Crippen LogP contribution >= 0.6 is 0 Å². The van der Waals surface area contributed by atoms with Crippen LogP contribution in [0.4, 0.5) is 5.69 Å². The van der Waals surface area contributed by atoms with Gasteiger partial charge >= 0.3 is 5.97 Å². The maximum atomic E-state index is 12.2. The van der Waals surface area contributed by atoms with E-state index in [0.29, 0.717) is 29.4 Å². The molecule has 0 unspecified atom stereocenters. The molecule has 1 aromatic heterocycles. The number of carbonyl (C=O) groups excluding carboxylic acids is 2. The number of furan rings is 1. The second-order valence-electron chi connectivity index (χ2n) is 5.27. The molecule has 0 spiro atoms. The number of amides is 1. The number of rotatable bonds is 8. The van der Waals surface area contributed by atoms with Crippen LogP contribution in [0.5, 0.6) is 11.5 Å². The van der Waals surface area contributed by atoms with E-state index < -0.39 is 18.0 Å². The smallest absolute Gasteiger partial charge is 0.307 e. The lowest BCUT2D eigenvalue weighted by atomic mass is 10.2. The van der Waals surface area contributed by atoms with Gasteiger partial charge in [0.05, 0.1) is 26.9 Å². The van der Waals surface area contributed by atoms with Crippen LogP contribution in [0.1, 0.15) is 19.1 Å². The van der Waals surface area contributed by atoms with E-state index in [1.165, 1.54) is 21.1 Å². The number of nitrogens with one attached hydrogen (secondary N) is 1. The Hall–Kier alpha value is -2.96. The summed E-state index contributed by atoms with van der Waals surface area (Å²) < 4.78 is 20.6. The normalized spacial score (nSPS) is 11.5. The number of benzene rings is 1. The molecule has 1 amide bonds. The Bertz CT molecular complexity index is 710. The fourth-order valence-electron chi connectivity index (χ4n) is 2.15. The van der Waals surface area contributed by atoms with Crippen LogP contribution in [0.3, 0.4) is 0 Å². The Morgan fingerprint density at radius 3 is 2.56 bits per heavy atom. The summed E-state index contributed by atoms with van der Waals surface area (Å²) in [6.07, 6.45) is 1.19. The van der Waals surface area contributed by atoms with E-state index in [2.05, 4.69) is 5.32 Å². The van der Waals surface area contributed by atoms with Crippen LogP contribution < -0.4 is 14.8 Å². The quantitative estimate of drug-likeness (QED) is 0.739. The lowest BCUT2D eigenvalue weighted by molar-refractivity contribution is -0.153. The number of carbonyl (C=O) groups is 2. The van der Waals surface area contributed by atoms with Crippen LogP contribution in [-0.4, -0.2) is 32.2 Å². The van der Waals surface area contributed by atoms with Gasteiger partial charge in [0.15, 0.2) is 17.6 Å². The number of aryl methyl sites for hydroxylation is 1. The van der Waals surface area contributed by atoms with Crippen LogP contribution in [-0.2, 0) is 20.7 Å². The fraction of sp³-hybridized carbons (Fsp3) is 0.333. The lowest BCUT2D eigenvalue weighted by Crippen LogP contribution is -2.30. The summed E-state index contributed by atoms with van der Waals surface area (Å²) in [5.41, 5.74) is 0.515. The number of hydrogen-bond acceptors (Lipinski definition) is 6. The number of anilines is 1. The third-order valence-electron chi connectivity index (χ3n) is 3.48. The van der Waals surface area contributed by atoms with Crippen LogP contribution in [0.25, 0.3) is 0 Å². The Morgan fingerprint density at radius 2 is 1.92 bits per heavy atom. The Balaban J connectivity index is 1.86. The van der Waals surface area contributed by atoms with Crippen molar-refractivity contribution in [3.8, 4) is 11.5 Å². The highest BCUT2D eigenvalue weighted by Gasteiger charge is 2.18. The van der Waals surface area contributed by atoms with Gasteiger partial charge in [-0.3, -0.25) is 9.59 Å². The summed E-state index contributed by atoms with van der Waals surface area (Å²) in [7, 11) is 3.03. The minimum Gasteiger partial charge on any atom is -0.493 e. The second kappa shape index (κ2) is 8.77. The van der Waals surface area contributed by atoms with Gasteiger partial charge in [-0.1, -0.05) is 0 Å². The number of hydrogen-bond donors (Lipinski definition) is 1. The lowest BCUT2D eigenvalue weighted by Gasteiger charge is -2.14. The summed E-state index contributed by atoms with van der Waals surface area (Å²) in [5, 5.41) is 2.67. The van der Waals surface area contributed by atoms with Crippen molar-refractivity contribution in [1.82, 2.24) is 0 Å². The molecule has 1 N–H and O–H groups in total. The molecular formula is C18H21NO6. The average Bonchev–Trinajstić information content (AvgIpc) is 3.13. The molecule has 0 saturated carbocycles. The summed E-state index contributed by atoms with van der Waals surface area (Å²) in [5.74, 6) is 0.839. The predicted octanol–water partition coefficient (Wildman–Crippen LogP) is 2.80. The zero-order chi connectivity index (χ0) is 18.2. The molecule has 0 aliphatic heterocycles. The van der Waals surface area contributed by atoms with Gasteiger partial charge in [-0.25, -0.2) is 0 Å². The van der Waals surface area contributed by atoms with Crippen molar-refractivity contribution < 1.29 is 28.2 Å². The molecule has 0 saturated heterocycles. The molecule has 1 atom stereocenters. The van der Waals surface area contributed by atoms with Gasteiger partial charge in [-0.05, 0) is 31.2 Å². The first-order valence-corrected chi connectivity index (χ1v) is 7.78. The summed E-state index contributed by atoms with van der Waals surface area (Å²) in [6, 6.07) is 8.50. The Morgan fingerprint density at radius 1 is 1.16 bits per heavy atom. The van der Waals surface area contributed by atoms with Crippen molar-refractivity contribution >= 4 is 17.6 Å². The van der Waals surface area contributed by atoms with Crippen LogP contribution in [0, 0.1) is 0 Å². The highest BCUT2D eigenvalue weighted by molar-refractivity contribution is 5.95. The highest BCUT2D eigenvalue weighted by atomic mass is 16.5. The average molecular weight is 347 g/mol. The molecule has 0 bridgehead atoms. The molecule has 2 aromatic rings. The van der Waals surface area contributed by atoms with E-state index in [0.717, 1.165) is 0 Å². The van der Waals surface area contributed by atoms with Crippen molar-refractivity contribution in [3.05, 3.63) is 42.4 Å². The summed E-state index contributed by atoms with van der Waals surface area (Å²) in [4.78, 5) is 24.0. The number of ether oxygens (including phenoxy) is 3. The molecular weight excluding hydrogens is 326 g/mol. The Labute approximate surface area is 145 Å². The van der Waals surface area contributed by atoms with Crippen molar-refractivity contribution in [2.45, 2.75) is 25.9 Å². The van der Waals surface area contributed by atoms with Crippen LogP contribution in [0.15, 0.2) is 41.0 Å². The van der Waals surface area contributed by atoms with E-state index in [1.807, 2.05) is 0 Å².